The number of aliphatic hydroxyl groups is 1. The maximum absolute atomic E-state index is 11.8. The molecule has 1 heterocycles. The molecule has 0 spiro atoms. The van der Waals surface area contributed by atoms with Gasteiger partial charge in [0, 0.05) is 19.5 Å². The molecule has 7 heteroatoms. The lowest BCUT2D eigenvalue weighted by molar-refractivity contribution is -0.137. The summed E-state index contributed by atoms with van der Waals surface area (Å²) in [6, 6.07) is -0.242. The predicted molar refractivity (Wildman–Crippen MR) is 63.3 cm³/mol. The molecule has 0 aromatic heterocycles. The lowest BCUT2D eigenvalue weighted by Crippen LogP contribution is -2.53. The van der Waals surface area contributed by atoms with Crippen LogP contribution in [-0.2, 0) is 9.53 Å². The monoisotopic (exact) mass is 260 g/mol. The second-order valence-corrected chi connectivity index (χ2v) is 4.39. The number of rotatable bonds is 5. The highest BCUT2D eigenvalue weighted by atomic mass is 16.5. The minimum atomic E-state index is -0.871. The number of nitrogens with zero attached hydrogens (tertiary/aromatic N) is 1. The maximum Gasteiger partial charge on any atom is 0.317 e. The second-order valence-electron chi connectivity index (χ2n) is 4.39. The summed E-state index contributed by atoms with van der Waals surface area (Å²) in [5.41, 5.74) is 0. The lowest BCUT2D eigenvalue weighted by atomic mass is 10.2. The number of hydrogen-bond acceptors (Lipinski definition) is 4. The van der Waals surface area contributed by atoms with Crippen molar-refractivity contribution in [2.75, 3.05) is 26.2 Å². The Kier molecular flexibility index (Phi) is 5.87. The number of morpholine rings is 1. The molecule has 1 rings (SSSR count). The molecule has 1 aliphatic heterocycles. The molecule has 0 radical (unpaired) electrons. The highest BCUT2D eigenvalue weighted by Gasteiger charge is 2.27. The van der Waals surface area contributed by atoms with Crippen molar-refractivity contribution in [3.8, 4) is 0 Å². The van der Waals surface area contributed by atoms with Crippen LogP contribution < -0.4 is 5.32 Å². The Morgan fingerprint density at radius 3 is 2.78 bits per heavy atom. The average Bonchev–Trinajstić information content (AvgIpc) is 2.33. The smallest absolute Gasteiger partial charge is 0.317 e. The minimum Gasteiger partial charge on any atom is -0.481 e. The number of carbonyl (C=O) groups is 2. The zero-order valence-corrected chi connectivity index (χ0v) is 10.5. The molecule has 0 saturated carbocycles. The zero-order valence-electron chi connectivity index (χ0n) is 10.5. The number of urea groups is 1. The van der Waals surface area contributed by atoms with Gasteiger partial charge in [0.05, 0.1) is 25.4 Å². The fraction of sp³-hybridized carbons (Fsp3) is 0.818. The SMILES string of the molecule is CC1CN(C(=O)NCCCC(=O)O)CC(CO)O1. The summed E-state index contributed by atoms with van der Waals surface area (Å²) in [5.74, 6) is -0.871. The van der Waals surface area contributed by atoms with Crippen molar-refractivity contribution in [3.05, 3.63) is 0 Å². The Bertz CT molecular complexity index is 297. The number of carboxylic acid groups (broad SMARTS) is 1. The van der Waals surface area contributed by atoms with Gasteiger partial charge in [-0.05, 0) is 13.3 Å². The van der Waals surface area contributed by atoms with Crippen LogP contribution in [0.2, 0.25) is 0 Å². The van der Waals surface area contributed by atoms with Crippen molar-refractivity contribution >= 4 is 12.0 Å². The van der Waals surface area contributed by atoms with Gasteiger partial charge in [0.1, 0.15) is 0 Å². The van der Waals surface area contributed by atoms with Gasteiger partial charge in [-0.3, -0.25) is 4.79 Å². The number of aliphatic carboxylic acids is 1. The number of amides is 2. The van der Waals surface area contributed by atoms with Crippen LogP contribution in [0.15, 0.2) is 0 Å². The number of carbonyl (C=O) groups excluding carboxylic acids is 1. The summed E-state index contributed by atoms with van der Waals surface area (Å²) in [6.07, 6.45) is -0.0112. The standard InChI is InChI=1S/C11H20N2O5/c1-8-5-13(6-9(7-14)18-8)11(17)12-4-2-3-10(15)16/h8-9,14H,2-7H2,1H3,(H,12,17)(H,15,16). The van der Waals surface area contributed by atoms with Crippen LogP contribution in [0, 0.1) is 0 Å². The average molecular weight is 260 g/mol. The van der Waals surface area contributed by atoms with Crippen LogP contribution in [0.1, 0.15) is 19.8 Å². The van der Waals surface area contributed by atoms with Gasteiger partial charge in [0.15, 0.2) is 0 Å². The predicted octanol–water partition coefficient (Wildman–Crippen LogP) is -0.358. The first-order valence-electron chi connectivity index (χ1n) is 6.03. The normalized spacial score (nSPS) is 23.8. The van der Waals surface area contributed by atoms with Gasteiger partial charge >= 0.3 is 12.0 Å². The van der Waals surface area contributed by atoms with E-state index >= 15 is 0 Å². The van der Waals surface area contributed by atoms with Crippen LogP contribution in [0.3, 0.4) is 0 Å². The molecule has 1 aliphatic rings. The van der Waals surface area contributed by atoms with Gasteiger partial charge in [-0.25, -0.2) is 4.79 Å². The van der Waals surface area contributed by atoms with Gasteiger partial charge in [-0.15, -0.1) is 0 Å². The first kappa shape index (κ1) is 14.7. The number of hydrogen-bond donors (Lipinski definition) is 3. The van der Waals surface area contributed by atoms with Crippen molar-refractivity contribution in [3.63, 3.8) is 0 Å². The van der Waals surface area contributed by atoms with Crippen LogP contribution in [0.5, 0.6) is 0 Å². The topological polar surface area (TPSA) is 99.1 Å². The summed E-state index contributed by atoms with van der Waals surface area (Å²) < 4.78 is 5.42. The van der Waals surface area contributed by atoms with E-state index in [0.29, 0.717) is 26.1 Å². The van der Waals surface area contributed by atoms with Crippen molar-refractivity contribution in [1.29, 1.82) is 0 Å². The highest BCUT2D eigenvalue weighted by molar-refractivity contribution is 5.74. The number of ether oxygens (including phenoxy) is 1. The number of aliphatic hydroxyl groups excluding tert-OH is 1. The van der Waals surface area contributed by atoms with E-state index in [1.54, 1.807) is 4.90 Å². The molecule has 2 atom stereocenters. The molecule has 0 aromatic carbocycles. The Balaban J connectivity index is 2.29. The molecule has 1 saturated heterocycles. The summed E-state index contributed by atoms with van der Waals surface area (Å²) in [4.78, 5) is 23.7. The third-order valence-electron chi connectivity index (χ3n) is 2.66. The fourth-order valence-corrected chi connectivity index (χ4v) is 1.86. The van der Waals surface area contributed by atoms with Gasteiger partial charge in [0.2, 0.25) is 0 Å². The molecule has 1 fully saturated rings. The molecule has 2 amide bonds. The van der Waals surface area contributed by atoms with E-state index in [2.05, 4.69) is 5.32 Å². The van der Waals surface area contributed by atoms with Crippen molar-refractivity contribution in [2.24, 2.45) is 0 Å². The summed E-state index contributed by atoms with van der Waals surface area (Å²) >= 11 is 0. The minimum absolute atomic E-state index is 0.0407. The quantitative estimate of drug-likeness (QED) is 0.586. The zero-order chi connectivity index (χ0) is 13.5. The molecule has 18 heavy (non-hydrogen) atoms. The van der Waals surface area contributed by atoms with E-state index < -0.39 is 5.97 Å². The second kappa shape index (κ2) is 7.17. The Morgan fingerprint density at radius 2 is 2.17 bits per heavy atom. The number of nitrogens with one attached hydrogen (secondary N) is 1. The molecule has 2 unspecified atom stereocenters. The van der Waals surface area contributed by atoms with Gasteiger partial charge in [-0.1, -0.05) is 0 Å². The molecule has 0 bridgehead atoms. The van der Waals surface area contributed by atoms with Crippen molar-refractivity contribution < 1.29 is 24.5 Å². The Labute approximate surface area is 106 Å². The van der Waals surface area contributed by atoms with E-state index in [1.807, 2.05) is 6.92 Å². The molecule has 0 aliphatic carbocycles. The molecular weight excluding hydrogens is 240 g/mol. The van der Waals surface area contributed by atoms with E-state index in [0.717, 1.165) is 0 Å². The maximum atomic E-state index is 11.8. The summed E-state index contributed by atoms with van der Waals surface area (Å²) in [5, 5.41) is 20.2. The summed E-state index contributed by atoms with van der Waals surface area (Å²) in [7, 11) is 0. The first-order valence-corrected chi connectivity index (χ1v) is 6.03. The largest absolute Gasteiger partial charge is 0.481 e. The Hall–Kier alpha value is -1.34. The third-order valence-corrected chi connectivity index (χ3v) is 2.66. The van der Waals surface area contributed by atoms with Gasteiger partial charge in [0.25, 0.3) is 0 Å². The molecular formula is C11H20N2O5. The van der Waals surface area contributed by atoms with Crippen LogP contribution in [-0.4, -0.2) is 65.6 Å². The van der Waals surface area contributed by atoms with E-state index in [1.165, 1.54) is 0 Å². The van der Waals surface area contributed by atoms with Gasteiger partial charge < -0.3 is 25.2 Å². The van der Waals surface area contributed by atoms with Crippen LogP contribution in [0.4, 0.5) is 4.79 Å². The van der Waals surface area contributed by atoms with E-state index in [4.69, 9.17) is 14.9 Å². The summed E-state index contributed by atoms with van der Waals surface area (Å²) in [6.45, 7) is 2.88. The van der Waals surface area contributed by atoms with Crippen molar-refractivity contribution in [1.82, 2.24) is 10.2 Å². The fourth-order valence-electron chi connectivity index (χ4n) is 1.86. The first-order chi connectivity index (χ1) is 8.52. The molecule has 3 N–H and O–H groups in total. The van der Waals surface area contributed by atoms with Crippen LogP contribution in [0.25, 0.3) is 0 Å². The van der Waals surface area contributed by atoms with E-state index in [-0.39, 0.29) is 31.3 Å². The number of carboxylic acids is 1. The van der Waals surface area contributed by atoms with Crippen molar-refractivity contribution in [2.45, 2.75) is 32.0 Å². The van der Waals surface area contributed by atoms with E-state index in [9.17, 15) is 9.59 Å². The molecule has 104 valence electrons. The molecule has 7 nitrogen and oxygen atoms in total. The van der Waals surface area contributed by atoms with Crippen LogP contribution >= 0.6 is 0 Å². The third kappa shape index (κ3) is 4.89. The lowest BCUT2D eigenvalue weighted by Gasteiger charge is -2.36. The molecule has 0 aromatic rings. The highest BCUT2D eigenvalue weighted by Crippen LogP contribution is 2.10. The van der Waals surface area contributed by atoms with Gasteiger partial charge in [-0.2, -0.15) is 0 Å². The Morgan fingerprint density at radius 1 is 1.44 bits per heavy atom.